The van der Waals surface area contributed by atoms with Gasteiger partial charge >= 0.3 is 5.97 Å². The van der Waals surface area contributed by atoms with Crippen molar-refractivity contribution in [1.29, 1.82) is 0 Å². The van der Waals surface area contributed by atoms with Gasteiger partial charge in [0.15, 0.2) is 11.5 Å². The highest BCUT2D eigenvalue weighted by Gasteiger charge is 2.48. The van der Waals surface area contributed by atoms with Gasteiger partial charge in [-0.15, -0.1) is 0 Å². The van der Waals surface area contributed by atoms with Gasteiger partial charge in [-0.05, 0) is 19.1 Å². The van der Waals surface area contributed by atoms with E-state index in [0.29, 0.717) is 30.9 Å². The van der Waals surface area contributed by atoms with Gasteiger partial charge in [0, 0.05) is 12.8 Å². The Morgan fingerprint density at radius 1 is 1.35 bits per heavy atom. The van der Waals surface area contributed by atoms with Crippen LogP contribution in [0.25, 0.3) is 0 Å². The van der Waals surface area contributed by atoms with Crippen LogP contribution in [0.15, 0.2) is 24.3 Å². The largest absolute Gasteiger partial charge is 0.493 e. The van der Waals surface area contributed by atoms with Crippen molar-refractivity contribution in [3.8, 4) is 11.5 Å². The van der Waals surface area contributed by atoms with Crippen LogP contribution >= 0.6 is 0 Å². The second kappa shape index (κ2) is 5.94. The third-order valence-corrected chi connectivity index (χ3v) is 3.68. The van der Waals surface area contributed by atoms with Crippen molar-refractivity contribution in [2.45, 2.75) is 19.8 Å². The third-order valence-electron chi connectivity index (χ3n) is 3.68. The third kappa shape index (κ3) is 2.61. The fourth-order valence-corrected chi connectivity index (χ4v) is 2.35. The maximum Gasteiger partial charge on any atom is 0.319 e. The molecule has 108 valence electrons. The van der Waals surface area contributed by atoms with E-state index in [1.54, 1.807) is 19.2 Å². The molecule has 20 heavy (non-hydrogen) atoms. The molecule has 1 heterocycles. The van der Waals surface area contributed by atoms with Gasteiger partial charge in [0.05, 0.1) is 20.3 Å². The van der Waals surface area contributed by atoms with E-state index in [2.05, 4.69) is 0 Å². The average molecular weight is 278 g/mol. The first-order chi connectivity index (χ1) is 9.60. The van der Waals surface area contributed by atoms with Gasteiger partial charge in [0.2, 0.25) is 0 Å². The van der Waals surface area contributed by atoms with Gasteiger partial charge < -0.3 is 14.2 Å². The van der Waals surface area contributed by atoms with Crippen molar-refractivity contribution >= 4 is 11.8 Å². The highest BCUT2D eigenvalue weighted by atomic mass is 16.5. The maximum atomic E-state index is 11.8. The van der Waals surface area contributed by atoms with Gasteiger partial charge in [-0.25, -0.2) is 0 Å². The summed E-state index contributed by atoms with van der Waals surface area (Å²) in [6, 6.07) is 7.26. The van der Waals surface area contributed by atoms with Crippen molar-refractivity contribution in [3.05, 3.63) is 24.3 Å². The van der Waals surface area contributed by atoms with Crippen LogP contribution in [0, 0.1) is 5.41 Å². The number of carbonyl (C=O) groups excluding carboxylic acids is 2. The van der Waals surface area contributed by atoms with Crippen molar-refractivity contribution in [2.24, 2.45) is 5.41 Å². The van der Waals surface area contributed by atoms with Crippen molar-refractivity contribution in [1.82, 2.24) is 0 Å². The number of benzene rings is 1. The van der Waals surface area contributed by atoms with Gasteiger partial charge in [0.1, 0.15) is 11.2 Å². The number of ether oxygens (including phenoxy) is 3. The van der Waals surface area contributed by atoms with Crippen LogP contribution in [0.1, 0.15) is 19.8 Å². The second-order valence-electron chi connectivity index (χ2n) is 4.77. The van der Waals surface area contributed by atoms with Gasteiger partial charge in [-0.1, -0.05) is 12.1 Å². The lowest BCUT2D eigenvalue weighted by Crippen LogP contribution is -2.35. The molecule has 0 radical (unpaired) electrons. The molecule has 0 spiro atoms. The highest BCUT2D eigenvalue weighted by molar-refractivity contribution is 6.03. The van der Waals surface area contributed by atoms with E-state index in [9.17, 15) is 9.59 Å². The standard InChI is InChI=1S/C15H18O5/c1-11(16)15(8-10-20-14(15)17)7-9-19-13-6-4-3-5-12(13)18-2/h3-6H,7-10H2,1-2H3. The van der Waals surface area contributed by atoms with E-state index in [1.165, 1.54) is 6.92 Å². The van der Waals surface area contributed by atoms with Crippen LogP contribution in [-0.4, -0.2) is 32.1 Å². The lowest BCUT2D eigenvalue weighted by Gasteiger charge is -2.21. The lowest BCUT2D eigenvalue weighted by molar-refractivity contribution is -0.151. The molecule has 0 saturated carbocycles. The van der Waals surface area contributed by atoms with Crippen LogP contribution in [-0.2, 0) is 14.3 Å². The Kier molecular flexibility index (Phi) is 4.27. The summed E-state index contributed by atoms with van der Waals surface area (Å²) in [6.07, 6.45) is 0.746. The van der Waals surface area contributed by atoms with E-state index in [0.717, 1.165) is 0 Å². The summed E-state index contributed by atoms with van der Waals surface area (Å²) in [5, 5.41) is 0. The van der Waals surface area contributed by atoms with Crippen LogP contribution < -0.4 is 9.47 Å². The topological polar surface area (TPSA) is 61.8 Å². The van der Waals surface area contributed by atoms with Gasteiger partial charge in [0.25, 0.3) is 0 Å². The number of methoxy groups -OCH3 is 1. The van der Waals surface area contributed by atoms with E-state index in [-0.39, 0.29) is 12.4 Å². The van der Waals surface area contributed by atoms with E-state index in [1.807, 2.05) is 12.1 Å². The predicted octanol–water partition coefficient (Wildman–Crippen LogP) is 1.99. The summed E-state index contributed by atoms with van der Waals surface area (Å²) < 4.78 is 15.7. The minimum Gasteiger partial charge on any atom is -0.493 e. The summed E-state index contributed by atoms with van der Waals surface area (Å²) in [5.41, 5.74) is -1.04. The quantitative estimate of drug-likeness (QED) is 0.588. The molecule has 0 aliphatic carbocycles. The molecule has 1 aromatic carbocycles. The summed E-state index contributed by atoms with van der Waals surface area (Å²) in [7, 11) is 1.56. The number of para-hydroxylation sites is 2. The fraction of sp³-hybridized carbons (Fsp3) is 0.467. The lowest BCUT2D eigenvalue weighted by atomic mass is 9.80. The monoisotopic (exact) mass is 278 g/mol. The molecule has 5 heteroatoms. The zero-order chi connectivity index (χ0) is 14.6. The summed E-state index contributed by atoms with van der Waals surface area (Å²) in [5.74, 6) is 0.621. The molecular weight excluding hydrogens is 260 g/mol. The van der Waals surface area contributed by atoms with Crippen molar-refractivity contribution < 1.29 is 23.8 Å². The van der Waals surface area contributed by atoms with Gasteiger partial charge in [-0.2, -0.15) is 0 Å². The second-order valence-corrected chi connectivity index (χ2v) is 4.77. The Hall–Kier alpha value is -2.04. The first kappa shape index (κ1) is 14.4. The number of rotatable bonds is 6. The van der Waals surface area contributed by atoms with E-state index in [4.69, 9.17) is 14.2 Å². The molecule has 1 aromatic rings. The molecular formula is C15H18O5. The number of cyclic esters (lactones) is 1. The Labute approximate surface area is 117 Å². The van der Waals surface area contributed by atoms with Crippen molar-refractivity contribution in [2.75, 3.05) is 20.3 Å². The smallest absolute Gasteiger partial charge is 0.319 e. The first-order valence-electron chi connectivity index (χ1n) is 6.54. The number of carbonyl (C=O) groups is 2. The normalized spacial score (nSPS) is 21.4. The molecule has 1 aliphatic rings. The van der Waals surface area contributed by atoms with Crippen molar-refractivity contribution in [3.63, 3.8) is 0 Å². The van der Waals surface area contributed by atoms with Crippen LogP contribution in [0.2, 0.25) is 0 Å². The molecule has 1 atom stereocenters. The number of ketones is 1. The summed E-state index contributed by atoms with van der Waals surface area (Å²) >= 11 is 0. The minimum absolute atomic E-state index is 0.163. The molecule has 0 bridgehead atoms. The molecule has 1 fully saturated rings. The Bertz CT molecular complexity index is 511. The number of hydrogen-bond donors (Lipinski definition) is 0. The average Bonchev–Trinajstić information content (AvgIpc) is 2.82. The first-order valence-corrected chi connectivity index (χ1v) is 6.54. The predicted molar refractivity (Wildman–Crippen MR) is 71.8 cm³/mol. The summed E-state index contributed by atoms with van der Waals surface area (Å²) in [4.78, 5) is 23.5. The Balaban J connectivity index is 2.01. The van der Waals surface area contributed by atoms with Crippen LogP contribution in [0.5, 0.6) is 11.5 Å². The van der Waals surface area contributed by atoms with E-state index < -0.39 is 11.4 Å². The number of esters is 1. The number of Topliss-reactive ketones (excluding diaryl/α,β-unsaturated/α-hetero) is 1. The zero-order valence-electron chi connectivity index (χ0n) is 11.7. The molecule has 1 unspecified atom stereocenters. The minimum atomic E-state index is -1.04. The molecule has 1 aliphatic heterocycles. The SMILES string of the molecule is COc1ccccc1OCCC1(C(C)=O)CCOC1=O. The fourth-order valence-electron chi connectivity index (χ4n) is 2.35. The van der Waals surface area contributed by atoms with Crippen LogP contribution in [0.3, 0.4) is 0 Å². The number of hydrogen-bond acceptors (Lipinski definition) is 5. The van der Waals surface area contributed by atoms with Gasteiger partial charge in [-0.3, -0.25) is 9.59 Å². The van der Waals surface area contributed by atoms with Crippen LogP contribution in [0.4, 0.5) is 0 Å². The summed E-state index contributed by atoms with van der Waals surface area (Å²) in [6.45, 7) is 1.98. The zero-order valence-corrected chi connectivity index (χ0v) is 11.7. The molecule has 2 rings (SSSR count). The molecule has 5 nitrogen and oxygen atoms in total. The van der Waals surface area contributed by atoms with E-state index >= 15 is 0 Å². The highest BCUT2D eigenvalue weighted by Crippen LogP contribution is 2.35. The Morgan fingerprint density at radius 3 is 2.60 bits per heavy atom. The molecule has 1 saturated heterocycles. The maximum absolute atomic E-state index is 11.8. The molecule has 0 aromatic heterocycles. The molecule has 0 N–H and O–H groups in total. The molecule has 0 amide bonds. The Morgan fingerprint density at radius 2 is 2.05 bits per heavy atom.